The van der Waals surface area contributed by atoms with Gasteiger partial charge in [0.2, 0.25) is 5.82 Å². The number of ether oxygens (including phenoxy) is 2. The summed E-state index contributed by atoms with van der Waals surface area (Å²) in [4.78, 5) is 2.06. The molecule has 2 heterocycles. The first-order valence-corrected chi connectivity index (χ1v) is 8.84. The Morgan fingerprint density at radius 3 is 2.59 bits per heavy atom. The summed E-state index contributed by atoms with van der Waals surface area (Å²) in [6.45, 7) is 0.919. The van der Waals surface area contributed by atoms with Crippen LogP contribution in [0.15, 0.2) is 18.2 Å². The van der Waals surface area contributed by atoms with Crippen LogP contribution < -0.4 is 9.47 Å². The number of hydrogen-bond donors (Lipinski definition) is 0. The third kappa shape index (κ3) is 3.81. The summed E-state index contributed by atoms with van der Waals surface area (Å²) in [5.41, 5.74) is 0.967. The number of hydrogen-bond acceptors (Lipinski definition) is 5. The fraction of sp³-hybridized carbons (Fsp3) is 0.529. The van der Waals surface area contributed by atoms with E-state index in [-0.39, 0.29) is 17.5 Å². The molecule has 1 saturated heterocycles. The van der Waals surface area contributed by atoms with Crippen LogP contribution in [0.3, 0.4) is 0 Å². The van der Waals surface area contributed by atoms with Gasteiger partial charge in [-0.1, -0.05) is 6.07 Å². The van der Waals surface area contributed by atoms with Crippen LogP contribution >= 0.6 is 12.2 Å². The van der Waals surface area contributed by atoms with Crippen LogP contribution in [0.4, 0.5) is 13.2 Å². The maximum atomic E-state index is 13.1. The van der Waals surface area contributed by atoms with Crippen molar-refractivity contribution in [3.63, 3.8) is 0 Å². The number of alkyl halides is 3. The summed E-state index contributed by atoms with van der Waals surface area (Å²) in [7, 11) is 4.45. The molecule has 148 valence electrons. The molecule has 6 nitrogen and oxygen atoms in total. The Balaban J connectivity index is 1.90. The van der Waals surface area contributed by atoms with Gasteiger partial charge in [-0.05, 0) is 31.1 Å². The lowest BCUT2D eigenvalue weighted by Crippen LogP contribution is -2.27. The van der Waals surface area contributed by atoms with Crippen LogP contribution in [-0.4, -0.2) is 40.0 Å². The maximum absolute atomic E-state index is 13.1. The van der Waals surface area contributed by atoms with Gasteiger partial charge >= 0.3 is 6.18 Å². The molecule has 1 fully saturated rings. The fourth-order valence-corrected chi connectivity index (χ4v) is 3.63. The molecular weight excluding hydrogens is 381 g/mol. The molecule has 0 radical (unpaired) electrons. The lowest BCUT2D eigenvalue weighted by atomic mass is 10.0. The van der Waals surface area contributed by atoms with E-state index in [1.165, 1.54) is 11.7 Å². The number of methoxy groups -OCH3 is 2. The van der Waals surface area contributed by atoms with E-state index in [0.717, 1.165) is 29.5 Å². The standard InChI is InChI=1S/C17H21F3N4O2S/c1-22-15(17(18,19)20)21-24(16(22)27)10-23-8-4-5-13(23)12-7-6-11(25-2)9-14(12)26-3/h6-7,9,13H,4-5,8,10H2,1-3H3/t13-/m1/s1. The highest BCUT2D eigenvalue weighted by molar-refractivity contribution is 7.71. The molecule has 10 heteroatoms. The van der Waals surface area contributed by atoms with Crippen LogP contribution in [0.2, 0.25) is 0 Å². The molecular formula is C17H21F3N4O2S. The quantitative estimate of drug-likeness (QED) is 0.713. The van der Waals surface area contributed by atoms with Crippen molar-refractivity contribution in [2.75, 3.05) is 20.8 Å². The summed E-state index contributed by atoms with van der Waals surface area (Å²) >= 11 is 5.15. The lowest BCUT2D eigenvalue weighted by Gasteiger charge is -2.26. The summed E-state index contributed by atoms with van der Waals surface area (Å²) in [5.74, 6) is 0.374. The maximum Gasteiger partial charge on any atom is 0.451 e. The van der Waals surface area contributed by atoms with Crippen LogP contribution in [-0.2, 0) is 19.9 Å². The van der Waals surface area contributed by atoms with E-state index in [1.54, 1.807) is 20.3 Å². The molecule has 1 aliphatic heterocycles. The minimum atomic E-state index is -4.54. The van der Waals surface area contributed by atoms with Crippen LogP contribution in [0.5, 0.6) is 11.5 Å². The minimum Gasteiger partial charge on any atom is -0.497 e. The summed E-state index contributed by atoms with van der Waals surface area (Å²) in [6.07, 6.45) is -2.75. The van der Waals surface area contributed by atoms with E-state index < -0.39 is 12.0 Å². The average Bonchev–Trinajstić information content (AvgIpc) is 3.20. The van der Waals surface area contributed by atoms with Gasteiger partial charge in [0.1, 0.15) is 11.5 Å². The SMILES string of the molecule is COc1ccc([C@H]2CCCN2Cn2nc(C(F)(F)F)n(C)c2=S)c(OC)c1. The molecule has 27 heavy (non-hydrogen) atoms. The Hall–Kier alpha value is -2.07. The number of aromatic nitrogens is 3. The van der Waals surface area contributed by atoms with Crippen molar-refractivity contribution in [2.45, 2.75) is 31.7 Å². The van der Waals surface area contributed by atoms with Crippen molar-refractivity contribution in [2.24, 2.45) is 7.05 Å². The zero-order valence-corrected chi connectivity index (χ0v) is 16.1. The topological polar surface area (TPSA) is 44.5 Å². The van der Waals surface area contributed by atoms with E-state index in [2.05, 4.69) is 10.00 Å². The third-order valence-corrected chi connectivity index (χ3v) is 5.26. The van der Waals surface area contributed by atoms with Crippen molar-refractivity contribution in [3.8, 4) is 11.5 Å². The number of halogens is 3. The number of benzene rings is 1. The molecule has 0 N–H and O–H groups in total. The highest BCUT2D eigenvalue weighted by Crippen LogP contribution is 2.39. The molecule has 0 amide bonds. The predicted octanol–water partition coefficient (Wildman–Crippen LogP) is 3.78. The first kappa shape index (κ1) is 19.7. The molecule has 1 aromatic carbocycles. The number of likely N-dealkylation sites (tertiary alicyclic amines) is 1. The molecule has 0 bridgehead atoms. The third-order valence-electron chi connectivity index (χ3n) is 4.77. The van der Waals surface area contributed by atoms with Gasteiger partial charge < -0.3 is 9.47 Å². The molecule has 0 unspecified atom stereocenters. The molecule has 0 spiro atoms. The van der Waals surface area contributed by atoms with Gasteiger partial charge in [-0.25, -0.2) is 4.68 Å². The van der Waals surface area contributed by atoms with E-state index in [9.17, 15) is 13.2 Å². The van der Waals surface area contributed by atoms with E-state index >= 15 is 0 Å². The van der Waals surface area contributed by atoms with Crippen LogP contribution in [0.1, 0.15) is 30.3 Å². The Morgan fingerprint density at radius 2 is 2.00 bits per heavy atom. The van der Waals surface area contributed by atoms with Gasteiger partial charge in [0.05, 0.1) is 20.9 Å². The average molecular weight is 402 g/mol. The highest BCUT2D eigenvalue weighted by Gasteiger charge is 2.38. The number of nitrogens with zero attached hydrogens (tertiary/aromatic N) is 4. The van der Waals surface area contributed by atoms with Crippen molar-refractivity contribution in [1.82, 2.24) is 19.2 Å². The molecule has 0 saturated carbocycles. The van der Waals surface area contributed by atoms with E-state index in [1.807, 2.05) is 12.1 Å². The monoisotopic (exact) mass is 402 g/mol. The Morgan fingerprint density at radius 1 is 1.26 bits per heavy atom. The van der Waals surface area contributed by atoms with E-state index in [0.29, 0.717) is 11.5 Å². The normalized spacial score (nSPS) is 18.1. The predicted molar refractivity (Wildman–Crippen MR) is 95.3 cm³/mol. The second-order valence-electron chi connectivity index (χ2n) is 6.38. The summed E-state index contributed by atoms with van der Waals surface area (Å²) in [5, 5.41) is 3.70. The van der Waals surface area contributed by atoms with Crippen LogP contribution in [0.25, 0.3) is 0 Å². The Bertz CT molecular complexity index is 878. The lowest BCUT2D eigenvalue weighted by molar-refractivity contribution is -0.147. The zero-order valence-electron chi connectivity index (χ0n) is 15.3. The highest BCUT2D eigenvalue weighted by atomic mass is 32.1. The summed E-state index contributed by atoms with van der Waals surface area (Å²) < 4.78 is 52.1. The zero-order chi connectivity index (χ0) is 19.8. The van der Waals surface area contributed by atoms with Gasteiger partial charge in [0, 0.05) is 31.3 Å². The van der Waals surface area contributed by atoms with E-state index in [4.69, 9.17) is 21.7 Å². The van der Waals surface area contributed by atoms with Gasteiger partial charge in [-0.3, -0.25) is 9.47 Å². The van der Waals surface area contributed by atoms with Crippen molar-refractivity contribution < 1.29 is 22.6 Å². The van der Waals surface area contributed by atoms with Gasteiger partial charge in [0.25, 0.3) is 0 Å². The summed E-state index contributed by atoms with van der Waals surface area (Å²) in [6, 6.07) is 5.59. The number of rotatable bonds is 5. The fourth-order valence-electron chi connectivity index (χ4n) is 3.44. The minimum absolute atomic E-state index is 0.00380. The van der Waals surface area contributed by atoms with Gasteiger partial charge in [-0.15, -0.1) is 5.10 Å². The first-order valence-electron chi connectivity index (χ1n) is 8.43. The largest absolute Gasteiger partial charge is 0.497 e. The Kier molecular flexibility index (Phi) is 5.48. The molecule has 1 atom stereocenters. The molecule has 3 rings (SSSR count). The molecule has 1 aromatic heterocycles. The molecule has 1 aliphatic rings. The smallest absolute Gasteiger partial charge is 0.451 e. The van der Waals surface area contributed by atoms with Gasteiger partial charge in [0.15, 0.2) is 4.77 Å². The van der Waals surface area contributed by atoms with Crippen molar-refractivity contribution in [3.05, 3.63) is 34.4 Å². The van der Waals surface area contributed by atoms with Crippen molar-refractivity contribution in [1.29, 1.82) is 0 Å². The van der Waals surface area contributed by atoms with Crippen molar-refractivity contribution >= 4 is 12.2 Å². The second-order valence-corrected chi connectivity index (χ2v) is 6.75. The molecule has 2 aromatic rings. The van der Waals surface area contributed by atoms with Crippen LogP contribution in [0, 0.1) is 4.77 Å². The second kappa shape index (κ2) is 7.51. The first-order chi connectivity index (χ1) is 12.8. The molecule has 0 aliphatic carbocycles. The van der Waals surface area contributed by atoms with Gasteiger partial charge in [-0.2, -0.15) is 13.2 Å². The Labute approximate surface area is 160 Å².